The Morgan fingerprint density at radius 2 is 1.50 bits per heavy atom. The molecule has 2 heterocycles. The van der Waals surface area contributed by atoms with E-state index in [4.69, 9.17) is 42.6 Å². The van der Waals surface area contributed by atoms with E-state index in [1.807, 2.05) is 13.0 Å². The SMILES string of the molecule is C=C(C(=O)[C@H](OC(C)=O)[C@@H](C)[C@H]1[C@@H](OC(C)=O)C[C@@]2(C)C3CCC4[C@H](C)C(=O)C=C[C@@]45CC35CC[C@]12C)[C@@H](C)COC1(C)OC2OC(COC(C)=O)C(OC(C)=O)C(OC(C)=O)C2O1. The van der Waals surface area contributed by atoms with Crippen LogP contribution >= 0.6 is 0 Å². The molecule has 18 atom stereocenters. The van der Waals surface area contributed by atoms with E-state index in [2.05, 4.69) is 33.4 Å². The number of carbonyl (C=O) groups is 7. The lowest BCUT2D eigenvalue weighted by Crippen LogP contribution is -2.60. The summed E-state index contributed by atoms with van der Waals surface area (Å²) in [6.45, 7) is 21.6. The molecule has 2 aliphatic heterocycles. The van der Waals surface area contributed by atoms with Crippen molar-refractivity contribution in [3.05, 3.63) is 24.3 Å². The molecule has 0 bridgehead atoms. The maximum absolute atomic E-state index is 14.7. The molecule has 16 nitrogen and oxygen atoms in total. The van der Waals surface area contributed by atoms with E-state index in [1.165, 1.54) is 41.5 Å². The Morgan fingerprint density at radius 3 is 2.12 bits per heavy atom. The van der Waals surface area contributed by atoms with Crippen molar-refractivity contribution in [2.24, 2.45) is 57.2 Å². The second-order valence-corrected chi connectivity index (χ2v) is 20.4. The maximum atomic E-state index is 14.7. The van der Waals surface area contributed by atoms with Crippen LogP contribution in [0.25, 0.3) is 0 Å². The van der Waals surface area contributed by atoms with Crippen molar-refractivity contribution in [2.75, 3.05) is 13.2 Å². The number of allylic oxidation sites excluding steroid dienone is 2. The lowest BCUT2D eigenvalue weighted by Gasteiger charge is -2.61. The number of esters is 5. The van der Waals surface area contributed by atoms with Crippen molar-refractivity contribution in [2.45, 2.75) is 164 Å². The fourth-order valence-corrected chi connectivity index (χ4v) is 13.9. The molecule has 0 radical (unpaired) electrons. The van der Waals surface area contributed by atoms with Crippen LogP contribution in [-0.2, 0) is 76.2 Å². The Balaban J connectivity index is 1.09. The molecule has 4 saturated carbocycles. The summed E-state index contributed by atoms with van der Waals surface area (Å²) in [6, 6.07) is 0. The lowest BCUT2D eigenvalue weighted by molar-refractivity contribution is -0.346. The third-order valence-electron chi connectivity index (χ3n) is 16.8. The van der Waals surface area contributed by atoms with Crippen molar-refractivity contribution >= 4 is 41.4 Å². The van der Waals surface area contributed by atoms with E-state index in [9.17, 15) is 33.6 Å². The van der Waals surface area contributed by atoms with Crippen molar-refractivity contribution < 1.29 is 76.2 Å². The highest BCUT2D eigenvalue weighted by Crippen LogP contribution is 2.87. The van der Waals surface area contributed by atoms with Crippen LogP contribution in [0.1, 0.15) is 115 Å². The predicted molar refractivity (Wildman–Crippen MR) is 223 cm³/mol. The number of hydrogen-bond acceptors (Lipinski definition) is 16. The Morgan fingerprint density at radius 1 is 0.844 bits per heavy atom. The second-order valence-electron chi connectivity index (χ2n) is 20.4. The maximum Gasteiger partial charge on any atom is 0.303 e. The number of Topliss-reactive ketones (excluding diaryl/α,β-unsaturated/α-hetero) is 1. The second kappa shape index (κ2) is 17.0. The summed E-state index contributed by atoms with van der Waals surface area (Å²) in [7, 11) is 0. The first-order valence-electron chi connectivity index (χ1n) is 22.8. The molecule has 6 fully saturated rings. The molecule has 16 heteroatoms. The number of carbonyl (C=O) groups excluding carboxylic acids is 7. The summed E-state index contributed by atoms with van der Waals surface area (Å²) in [5, 5.41) is 0. The average Bonchev–Trinajstić information content (AvgIpc) is 3.66. The van der Waals surface area contributed by atoms with E-state index in [1.54, 1.807) is 6.92 Å². The van der Waals surface area contributed by atoms with Crippen LogP contribution in [0.2, 0.25) is 0 Å². The van der Waals surface area contributed by atoms with Crippen molar-refractivity contribution in [1.82, 2.24) is 0 Å². The van der Waals surface area contributed by atoms with E-state index in [0.29, 0.717) is 18.3 Å². The average molecular weight is 899 g/mol. The molecule has 354 valence electrons. The summed E-state index contributed by atoms with van der Waals surface area (Å²) in [6.07, 6.45) is 1.62. The summed E-state index contributed by atoms with van der Waals surface area (Å²) < 4.78 is 52.7. The quantitative estimate of drug-likeness (QED) is 0.120. The molecular weight excluding hydrogens is 833 g/mol. The fourth-order valence-electron chi connectivity index (χ4n) is 13.9. The summed E-state index contributed by atoms with van der Waals surface area (Å²) in [5.41, 5.74) is -0.543. The smallest absolute Gasteiger partial charge is 0.303 e. The van der Waals surface area contributed by atoms with Crippen LogP contribution in [0.5, 0.6) is 0 Å². The van der Waals surface area contributed by atoms with E-state index in [0.717, 1.165) is 32.1 Å². The number of ketones is 2. The standard InChI is InChI=1S/C48H66O16/c1-23(20-57-46(12)63-42-41(61-31(9)53)40(60-30(8)52)35(21-56-27(5)49)62-43(42)64-46)24(2)38(55)39(59-29(7)51)26(4)37-34(58-28(6)50)19-45(11)36-14-13-32-25(3)33(54)15-16-47(32)22-48(36,47)18-17-44(37,45)10/h15-16,23,25-26,32,34-37,39-43H,2,13-14,17-22H2,1,3-12H3/t23-,25-,26-,32?,34-,35?,36?,37-,39+,40?,41?,42?,43?,44+,45-,46?,47+,48?/m0/s1. The Labute approximate surface area is 375 Å². The topological polar surface area (TPSA) is 203 Å². The zero-order valence-corrected chi connectivity index (χ0v) is 39.1. The van der Waals surface area contributed by atoms with Gasteiger partial charge < -0.3 is 37.9 Å². The van der Waals surface area contributed by atoms with Crippen LogP contribution < -0.4 is 0 Å². The molecule has 2 spiro atoms. The first-order chi connectivity index (χ1) is 29.8. The molecule has 7 rings (SSSR count). The van der Waals surface area contributed by atoms with Gasteiger partial charge in [0, 0.05) is 65.2 Å². The van der Waals surface area contributed by atoms with Crippen molar-refractivity contribution in [3.63, 3.8) is 0 Å². The third kappa shape index (κ3) is 7.95. The van der Waals surface area contributed by atoms with E-state index >= 15 is 0 Å². The lowest BCUT2D eigenvalue weighted by atomic mass is 9.43. The molecular formula is C48H66O16. The van der Waals surface area contributed by atoms with Crippen LogP contribution in [0.4, 0.5) is 0 Å². The molecule has 0 N–H and O–H groups in total. The summed E-state index contributed by atoms with van der Waals surface area (Å²) >= 11 is 0. The zero-order chi connectivity index (χ0) is 47.1. The van der Waals surface area contributed by atoms with Crippen molar-refractivity contribution in [3.8, 4) is 0 Å². The highest BCUT2D eigenvalue weighted by Gasteiger charge is 2.82. The van der Waals surface area contributed by atoms with Gasteiger partial charge in [0.1, 0.15) is 18.8 Å². The minimum absolute atomic E-state index is 0.0128. The molecule has 0 aromatic carbocycles. The van der Waals surface area contributed by atoms with Gasteiger partial charge in [-0.05, 0) is 83.7 Å². The largest absolute Gasteiger partial charge is 0.463 e. The monoisotopic (exact) mass is 898 g/mol. The normalized spacial score (nSPS) is 42.8. The number of fused-ring (bicyclic) bond motifs is 3. The van der Waals surface area contributed by atoms with Crippen LogP contribution in [0.3, 0.4) is 0 Å². The predicted octanol–water partition coefficient (Wildman–Crippen LogP) is 5.51. The van der Waals surface area contributed by atoms with Crippen LogP contribution in [-0.4, -0.2) is 104 Å². The molecule has 0 aromatic heterocycles. The molecule has 9 unspecified atom stereocenters. The minimum atomic E-state index is -1.83. The van der Waals surface area contributed by atoms with E-state index < -0.39 is 102 Å². The van der Waals surface area contributed by atoms with Gasteiger partial charge in [-0.15, -0.1) is 0 Å². The first kappa shape index (κ1) is 48.0. The van der Waals surface area contributed by atoms with Gasteiger partial charge >= 0.3 is 29.8 Å². The van der Waals surface area contributed by atoms with Gasteiger partial charge in [-0.1, -0.05) is 47.3 Å². The molecule has 0 aromatic rings. The van der Waals surface area contributed by atoms with Gasteiger partial charge in [0.05, 0.1) is 6.61 Å². The number of rotatable bonds is 14. The van der Waals surface area contributed by atoms with Gasteiger partial charge in [0.15, 0.2) is 42.3 Å². The number of ether oxygens (including phenoxy) is 9. The summed E-state index contributed by atoms with van der Waals surface area (Å²) in [5.74, 6) is -6.23. The molecule has 7 aliphatic rings. The molecule has 2 saturated heterocycles. The molecule has 5 aliphatic carbocycles. The van der Waals surface area contributed by atoms with Crippen molar-refractivity contribution in [1.29, 1.82) is 0 Å². The zero-order valence-electron chi connectivity index (χ0n) is 39.1. The van der Waals surface area contributed by atoms with Gasteiger partial charge in [-0.3, -0.25) is 38.3 Å². The third-order valence-corrected chi connectivity index (χ3v) is 16.8. The Hall–Kier alpha value is -3.99. The highest BCUT2D eigenvalue weighted by atomic mass is 16.9. The van der Waals surface area contributed by atoms with Gasteiger partial charge in [0.25, 0.3) is 5.97 Å². The Bertz CT molecular complexity index is 1990. The molecule has 64 heavy (non-hydrogen) atoms. The fraction of sp³-hybridized carbons (Fsp3) is 0.771. The van der Waals surface area contributed by atoms with Gasteiger partial charge in [-0.2, -0.15) is 0 Å². The number of hydrogen-bond donors (Lipinski definition) is 0. The first-order valence-corrected chi connectivity index (χ1v) is 22.8. The minimum Gasteiger partial charge on any atom is -0.463 e. The highest BCUT2D eigenvalue weighted by molar-refractivity contribution is 6.00. The summed E-state index contributed by atoms with van der Waals surface area (Å²) in [4.78, 5) is 89.2. The van der Waals surface area contributed by atoms with Crippen LogP contribution in [0, 0.1) is 57.2 Å². The molecule has 0 amide bonds. The van der Waals surface area contributed by atoms with Gasteiger partial charge in [-0.25, -0.2) is 0 Å². The van der Waals surface area contributed by atoms with Crippen LogP contribution in [0.15, 0.2) is 24.3 Å². The Kier molecular flexibility index (Phi) is 12.8. The van der Waals surface area contributed by atoms with Gasteiger partial charge in [0.2, 0.25) is 0 Å². The van der Waals surface area contributed by atoms with E-state index in [-0.39, 0.29) is 52.7 Å².